The number of amidine groups is 1. The SMILES string of the molecule is CS(=O)(=O)c1cc(CC(=O)N(Cc2cccc(C(=N)N)c2)C2CCCC2)ccc1-c1ccccc1. The first-order chi connectivity index (χ1) is 16.7. The molecule has 1 fully saturated rings. The monoisotopic (exact) mass is 489 g/mol. The Morgan fingerprint density at radius 1 is 0.971 bits per heavy atom. The summed E-state index contributed by atoms with van der Waals surface area (Å²) < 4.78 is 25.2. The molecular weight excluding hydrogens is 458 g/mol. The molecule has 4 rings (SSSR count). The Morgan fingerprint density at radius 2 is 1.69 bits per heavy atom. The average molecular weight is 490 g/mol. The summed E-state index contributed by atoms with van der Waals surface area (Å²) in [6.07, 6.45) is 5.42. The third-order valence-corrected chi connectivity index (χ3v) is 7.70. The Kier molecular flexibility index (Phi) is 7.36. The lowest BCUT2D eigenvalue weighted by molar-refractivity contribution is -0.133. The predicted molar refractivity (Wildman–Crippen MR) is 139 cm³/mol. The zero-order valence-electron chi connectivity index (χ0n) is 19.9. The lowest BCUT2D eigenvalue weighted by Crippen LogP contribution is -2.39. The molecule has 0 bridgehead atoms. The number of hydrogen-bond donors (Lipinski definition) is 2. The minimum absolute atomic E-state index is 0.00240. The molecule has 6 nitrogen and oxygen atoms in total. The quantitative estimate of drug-likeness (QED) is 0.358. The Morgan fingerprint density at radius 3 is 2.34 bits per heavy atom. The number of rotatable bonds is 8. The van der Waals surface area contributed by atoms with Crippen LogP contribution in [0.2, 0.25) is 0 Å². The van der Waals surface area contributed by atoms with E-state index in [1.54, 1.807) is 18.2 Å². The number of carbonyl (C=O) groups is 1. The van der Waals surface area contributed by atoms with Gasteiger partial charge in [0.25, 0.3) is 0 Å². The second-order valence-electron chi connectivity index (χ2n) is 9.22. The highest BCUT2D eigenvalue weighted by Gasteiger charge is 2.27. The number of amides is 1. The van der Waals surface area contributed by atoms with Crippen molar-refractivity contribution in [2.75, 3.05) is 6.26 Å². The summed E-state index contributed by atoms with van der Waals surface area (Å²) in [4.78, 5) is 15.7. The van der Waals surface area contributed by atoms with E-state index < -0.39 is 9.84 Å². The summed E-state index contributed by atoms with van der Waals surface area (Å²) in [6, 6.07) is 22.3. The van der Waals surface area contributed by atoms with Crippen molar-refractivity contribution in [2.24, 2.45) is 5.73 Å². The smallest absolute Gasteiger partial charge is 0.227 e. The molecule has 0 spiro atoms. The van der Waals surface area contributed by atoms with Crippen LogP contribution >= 0.6 is 0 Å². The Hall–Kier alpha value is -3.45. The molecule has 182 valence electrons. The average Bonchev–Trinajstić information content (AvgIpc) is 3.37. The van der Waals surface area contributed by atoms with Crippen LogP contribution in [0.3, 0.4) is 0 Å². The van der Waals surface area contributed by atoms with Gasteiger partial charge < -0.3 is 10.6 Å². The van der Waals surface area contributed by atoms with E-state index in [2.05, 4.69) is 0 Å². The first kappa shape index (κ1) is 24.7. The molecule has 1 aliphatic carbocycles. The molecule has 3 aromatic rings. The van der Waals surface area contributed by atoms with Gasteiger partial charge in [0.1, 0.15) is 5.84 Å². The van der Waals surface area contributed by atoms with Crippen molar-refractivity contribution in [1.29, 1.82) is 5.41 Å². The van der Waals surface area contributed by atoms with Crippen LogP contribution in [-0.4, -0.2) is 37.4 Å². The molecule has 0 aromatic heterocycles. The molecule has 0 aliphatic heterocycles. The minimum Gasteiger partial charge on any atom is -0.384 e. The number of hydrogen-bond acceptors (Lipinski definition) is 4. The summed E-state index contributed by atoms with van der Waals surface area (Å²) in [5.41, 5.74) is 9.35. The van der Waals surface area contributed by atoms with E-state index in [1.807, 2.05) is 59.5 Å². The minimum atomic E-state index is -3.49. The van der Waals surface area contributed by atoms with Crippen molar-refractivity contribution in [2.45, 2.75) is 49.6 Å². The van der Waals surface area contributed by atoms with Gasteiger partial charge in [0.2, 0.25) is 5.91 Å². The van der Waals surface area contributed by atoms with Gasteiger partial charge in [-0.25, -0.2) is 8.42 Å². The highest BCUT2D eigenvalue weighted by atomic mass is 32.2. The van der Waals surface area contributed by atoms with E-state index in [9.17, 15) is 13.2 Å². The predicted octanol–water partition coefficient (Wildman–Crippen LogP) is 4.56. The van der Waals surface area contributed by atoms with Crippen LogP contribution < -0.4 is 5.73 Å². The van der Waals surface area contributed by atoms with Gasteiger partial charge in [-0.1, -0.05) is 73.5 Å². The first-order valence-electron chi connectivity index (χ1n) is 11.8. The standard InChI is InChI=1S/C28H31N3O3S/c1-35(33,34)26-17-20(14-15-25(26)22-9-3-2-4-10-22)18-27(32)31(24-12-5-6-13-24)19-21-8-7-11-23(16-21)28(29)30/h2-4,7-11,14-17,24H,5-6,12-13,18-19H2,1H3,(H3,29,30). The van der Waals surface area contributed by atoms with Gasteiger partial charge in [0, 0.05) is 30.0 Å². The number of nitrogens with two attached hydrogens (primary N) is 1. The maximum absolute atomic E-state index is 13.5. The van der Waals surface area contributed by atoms with Gasteiger partial charge in [0.05, 0.1) is 11.3 Å². The second kappa shape index (κ2) is 10.4. The van der Waals surface area contributed by atoms with E-state index >= 15 is 0 Å². The molecule has 1 saturated carbocycles. The number of carbonyl (C=O) groups excluding carboxylic acids is 1. The largest absolute Gasteiger partial charge is 0.384 e. The van der Waals surface area contributed by atoms with Crippen LogP contribution in [0, 0.1) is 5.41 Å². The fourth-order valence-corrected chi connectivity index (χ4v) is 5.74. The van der Waals surface area contributed by atoms with Crippen molar-refractivity contribution in [3.05, 3.63) is 89.5 Å². The summed E-state index contributed by atoms with van der Waals surface area (Å²) in [5, 5.41) is 7.71. The molecule has 0 saturated heterocycles. The molecule has 1 amide bonds. The summed E-state index contributed by atoms with van der Waals surface area (Å²) in [5.74, 6) is -0.0329. The van der Waals surface area contributed by atoms with Crippen LogP contribution in [0.1, 0.15) is 42.4 Å². The zero-order chi connectivity index (χ0) is 25.0. The Labute approximate surface area is 207 Å². The number of sulfone groups is 1. The molecule has 1 aliphatic rings. The third-order valence-electron chi connectivity index (χ3n) is 6.56. The molecule has 0 radical (unpaired) electrons. The highest BCUT2D eigenvalue weighted by molar-refractivity contribution is 7.90. The summed E-state index contributed by atoms with van der Waals surface area (Å²) in [7, 11) is -3.49. The fraction of sp³-hybridized carbons (Fsp3) is 0.286. The van der Waals surface area contributed by atoms with Crippen molar-refractivity contribution in [3.63, 3.8) is 0 Å². The van der Waals surface area contributed by atoms with Crippen molar-refractivity contribution < 1.29 is 13.2 Å². The summed E-state index contributed by atoms with van der Waals surface area (Å²) in [6.45, 7) is 0.436. The van der Waals surface area contributed by atoms with Gasteiger partial charge in [-0.2, -0.15) is 0 Å². The van der Waals surface area contributed by atoms with E-state index in [1.165, 1.54) is 6.26 Å². The van der Waals surface area contributed by atoms with Crippen molar-refractivity contribution >= 4 is 21.6 Å². The van der Waals surface area contributed by atoms with E-state index in [-0.39, 0.29) is 29.1 Å². The van der Waals surface area contributed by atoms with E-state index in [4.69, 9.17) is 11.1 Å². The van der Waals surface area contributed by atoms with Gasteiger partial charge in [0.15, 0.2) is 9.84 Å². The van der Waals surface area contributed by atoms with E-state index in [0.717, 1.165) is 36.8 Å². The molecule has 7 heteroatoms. The van der Waals surface area contributed by atoms with Gasteiger partial charge in [-0.15, -0.1) is 0 Å². The summed E-state index contributed by atoms with van der Waals surface area (Å²) >= 11 is 0. The van der Waals surface area contributed by atoms with Gasteiger partial charge >= 0.3 is 0 Å². The van der Waals surface area contributed by atoms with Crippen LogP contribution in [0.4, 0.5) is 0 Å². The zero-order valence-corrected chi connectivity index (χ0v) is 20.7. The van der Waals surface area contributed by atoms with Crippen LogP contribution in [0.15, 0.2) is 77.7 Å². The van der Waals surface area contributed by atoms with E-state index in [0.29, 0.717) is 23.2 Å². The van der Waals surface area contributed by atoms with Crippen molar-refractivity contribution in [1.82, 2.24) is 4.90 Å². The lowest BCUT2D eigenvalue weighted by Gasteiger charge is -2.29. The second-order valence-corrected chi connectivity index (χ2v) is 11.2. The fourth-order valence-electron chi connectivity index (χ4n) is 4.79. The first-order valence-corrected chi connectivity index (χ1v) is 13.7. The highest BCUT2D eigenvalue weighted by Crippen LogP contribution is 2.30. The molecule has 0 unspecified atom stereocenters. The van der Waals surface area contributed by atoms with Gasteiger partial charge in [-0.3, -0.25) is 10.2 Å². The van der Waals surface area contributed by atoms with Crippen LogP contribution in [0.5, 0.6) is 0 Å². The van der Waals surface area contributed by atoms with Crippen molar-refractivity contribution in [3.8, 4) is 11.1 Å². The van der Waals surface area contributed by atoms with Crippen LogP contribution in [-0.2, 0) is 27.6 Å². The maximum Gasteiger partial charge on any atom is 0.227 e. The Bertz CT molecular complexity index is 1330. The molecule has 0 atom stereocenters. The Balaban J connectivity index is 1.62. The van der Waals surface area contributed by atoms with Crippen LogP contribution in [0.25, 0.3) is 11.1 Å². The molecule has 3 aromatic carbocycles. The topological polar surface area (TPSA) is 104 Å². The third kappa shape index (κ3) is 5.98. The van der Waals surface area contributed by atoms with Gasteiger partial charge in [-0.05, 0) is 41.7 Å². The number of nitrogens with one attached hydrogen (secondary N) is 1. The lowest BCUT2D eigenvalue weighted by atomic mass is 10.0. The molecule has 35 heavy (non-hydrogen) atoms. The normalized spacial score (nSPS) is 14.1. The molecule has 3 N–H and O–H groups in total. The molecule has 0 heterocycles. The maximum atomic E-state index is 13.5. The number of nitrogen functional groups attached to an aromatic ring is 1. The number of benzene rings is 3. The number of nitrogens with zero attached hydrogens (tertiary/aromatic N) is 1. The molecular formula is C28H31N3O3S.